The molecule has 1 N–H and O–H groups in total. The molecule has 0 bridgehead atoms. The second kappa shape index (κ2) is 5.79. The van der Waals surface area contributed by atoms with Crippen LogP contribution in [0.2, 0.25) is 5.02 Å². The predicted molar refractivity (Wildman–Crippen MR) is 84.8 cm³/mol. The van der Waals surface area contributed by atoms with Crippen LogP contribution in [0.25, 0.3) is 10.2 Å². The summed E-state index contributed by atoms with van der Waals surface area (Å²) in [6.45, 7) is 2.21. The number of benzene rings is 1. The van der Waals surface area contributed by atoms with Gasteiger partial charge in [-0.2, -0.15) is 0 Å². The first kappa shape index (κ1) is 14.0. The zero-order valence-corrected chi connectivity index (χ0v) is 12.8. The van der Waals surface area contributed by atoms with Gasteiger partial charge in [-0.15, -0.1) is 11.3 Å². The van der Waals surface area contributed by atoms with E-state index >= 15 is 0 Å². The smallest absolute Gasteiger partial charge is 0.254 e. The van der Waals surface area contributed by atoms with Crippen LogP contribution in [-0.4, -0.2) is 15.9 Å². The zero-order valence-electron chi connectivity index (χ0n) is 11.3. The molecule has 4 nitrogen and oxygen atoms in total. The van der Waals surface area contributed by atoms with E-state index in [4.69, 9.17) is 11.6 Å². The summed E-state index contributed by atoms with van der Waals surface area (Å²) in [6.07, 6.45) is 1.49. The lowest BCUT2D eigenvalue weighted by Crippen LogP contribution is -2.23. The number of nitrogens with one attached hydrogen (secondary N) is 1. The third-order valence-electron chi connectivity index (χ3n) is 2.97. The Morgan fingerprint density at radius 2 is 2.19 bits per heavy atom. The number of amides is 1. The molecule has 6 heteroatoms. The van der Waals surface area contributed by atoms with Gasteiger partial charge in [0, 0.05) is 11.9 Å². The normalized spacial score (nSPS) is 10.8. The lowest BCUT2D eigenvalue weighted by atomic mass is 10.2. The molecule has 0 saturated carbocycles. The molecule has 21 heavy (non-hydrogen) atoms. The van der Waals surface area contributed by atoms with Gasteiger partial charge in [-0.05, 0) is 25.1 Å². The second-order valence-electron chi connectivity index (χ2n) is 4.56. The number of aromatic nitrogens is 2. The molecule has 3 aromatic rings. The van der Waals surface area contributed by atoms with Crippen LogP contribution in [0.5, 0.6) is 0 Å². The van der Waals surface area contributed by atoms with Gasteiger partial charge in [0.05, 0.1) is 27.3 Å². The average Bonchev–Trinajstić information content (AvgIpc) is 2.87. The number of rotatable bonds is 3. The highest BCUT2D eigenvalue weighted by Crippen LogP contribution is 2.21. The SMILES string of the molecule is Cc1cc(Cl)c(C(=O)NCc2nc3ccccc3s2)cn1. The Morgan fingerprint density at radius 1 is 1.38 bits per heavy atom. The van der Waals surface area contributed by atoms with Gasteiger partial charge in [-0.25, -0.2) is 4.98 Å². The number of halogens is 1. The van der Waals surface area contributed by atoms with Crippen molar-refractivity contribution < 1.29 is 4.79 Å². The number of aryl methyl sites for hydroxylation is 1. The molecule has 0 aliphatic rings. The summed E-state index contributed by atoms with van der Waals surface area (Å²) in [5, 5.41) is 4.09. The molecule has 106 valence electrons. The summed E-state index contributed by atoms with van der Waals surface area (Å²) in [6, 6.07) is 9.56. The highest BCUT2D eigenvalue weighted by Gasteiger charge is 2.12. The van der Waals surface area contributed by atoms with E-state index in [1.807, 2.05) is 31.2 Å². The van der Waals surface area contributed by atoms with Crippen molar-refractivity contribution in [2.45, 2.75) is 13.5 Å². The van der Waals surface area contributed by atoms with Crippen molar-refractivity contribution in [2.75, 3.05) is 0 Å². The van der Waals surface area contributed by atoms with Crippen LogP contribution < -0.4 is 5.32 Å². The van der Waals surface area contributed by atoms with Crippen molar-refractivity contribution in [1.82, 2.24) is 15.3 Å². The van der Waals surface area contributed by atoms with Gasteiger partial charge < -0.3 is 5.32 Å². The Hall–Kier alpha value is -1.98. The largest absolute Gasteiger partial charge is 0.345 e. The summed E-state index contributed by atoms with van der Waals surface area (Å²) in [7, 11) is 0. The highest BCUT2D eigenvalue weighted by atomic mass is 35.5. The Bertz CT molecular complexity index is 783. The van der Waals surface area contributed by atoms with E-state index in [1.54, 1.807) is 17.4 Å². The van der Waals surface area contributed by atoms with Gasteiger partial charge >= 0.3 is 0 Å². The number of pyridine rings is 1. The zero-order chi connectivity index (χ0) is 14.8. The summed E-state index contributed by atoms with van der Waals surface area (Å²) in [5.41, 5.74) is 2.10. The maximum atomic E-state index is 12.1. The number of carbonyl (C=O) groups excluding carboxylic acids is 1. The van der Waals surface area contributed by atoms with Crippen molar-refractivity contribution in [2.24, 2.45) is 0 Å². The predicted octanol–water partition coefficient (Wildman–Crippen LogP) is 3.58. The molecule has 2 aromatic heterocycles. The van der Waals surface area contributed by atoms with E-state index in [9.17, 15) is 4.79 Å². The first-order chi connectivity index (χ1) is 10.1. The molecular formula is C15H12ClN3OS. The van der Waals surface area contributed by atoms with E-state index in [2.05, 4.69) is 15.3 Å². The molecule has 0 aliphatic heterocycles. The van der Waals surface area contributed by atoms with Crippen LogP contribution in [0.4, 0.5) is 0 Å². The number of para-hydroxylation sites is 1. The first-order valence-electron chi connectivity index (χ1n) is 6.38. The topological polar surface area (TPSA) is 54.9 Å². The van der Waals surface area contributed by atoms with Gasteiger partial charge in [0.1, 0.15) is 5.01 Å². The van der Waals surface area contributed by atoms with Gasteiger partial charge in [0.2, 0.25) is 0 Å². The van der Waals surface area contributed by atoms with Crippen LogP contribution in [-0.2, 0) is 6.54 Å². The first-order valence-corrected chi connectivity index (χ1v) is 7.58. The van der Waals surface area contributed by atoms with Gasteiger partial charge in [-0.1, -0.05) is 23.7 Å². The van der Waals surface area contributed by atoms with Crippen LogP contribution >= 0.6 is 22.9 Å². The van der Waals surface area contributed by atoms with Crippen LogP contribution in [0.3, 0.4) is 0 Å². The minimum absolute atomic E-state index is 0.244. The number of hydrogen-bond donors (Lipinski definition) is 1. The lowest BCUT2D eigenvalue weighted by Gasteiger charge is -2.05. The number of hydrogen-bond acceptors (Lipinski definition) is 4. The standard InChI is InChI=1S/C15H12ClN3OS/c1-9-6-11(16)10(7-17-9)15(20)18-8-14-19-12-4-2-3-5-13(12)21-14/h2-7H,8H2,1H3,(H,18,20). The van der Waals surface area contributed by atoms with Crippen molar-refractivity contribution in [1.29, 1.82) is 0 Å². The van der Waals surface area contributed by atoms with Crippen molar-refractivity contribution in [3.05, 3.63) is 57.8 Å². The summed E-state index contributed by atoms with van der Waals surface area (Å²) >= 11 is 7.62. The molecule has 3 rings (SSSR count). The molecule has 1 amide bonds. The van der Waals surface area contributed by atoms with E-state index < -0.39 is 0 Å². The summed E-state index contributed by atoms with van der Waals surface area (Å²) < 4.78 is 1.11. The molecular weight excluding hydrogens is 306 g/mol. The third kappa shape index (κ3) is 3.04. The monoisotopic (exact) mass is 317 g/mol. The van der Waals surface area contributed by atoms with E-state index in [-0.39, 0.29) is 5.91 Å². The Balaban J connectivity index is 1.73. The van der Waals surface area contributed by atoms with Crippen LogP contribution in [0.1, 0.15) is 21.1 Å². The number of thiazole rings is 1. The van der Waals surface area contributed by atoms with E-state index in [1.165, 1.54) is 6.20 Å². The van der Waals surface area contributed by atoms with Gasteiger partial charge in [0.15, 0.2) is 0 Å². The lowest BCUT2D eigenvalue weighted by molar-refractivity contribution is 0.0950. The second-order valence-corrected chi connectivity index (χ2v) is 6.09. The average molecular weight is 318 g/mol. The maximum absolute atomic E-state index is 12.1. The van der Waals surface area contributed by atoms with Crippen molar-refractivity contribution in [3.8, 4) is 0 Å². The molecule has 0 unspecified atom stereocenters. The third-order valence-corrected chi connectivity index (χ3v) is 4.32. The highest BCUT2D eigenvalue weighted by molar-refractivity contribution is 7.18. The molecule has 2 heterocycles. The van der Waals surface area contributed by atoms with Crippen molar-refractivity contribution >= 4 is 39.1 Å². The number of carbonyl (C=O) groups is 1. The fraction of sp³-hybridized carbons (Fsp3) is 0.133. The maximum Gasteiger partial charge on any atom is 0.254 e. The molecule has 0 atom stereocenters. The molecule has 1 aromatic carbocycles. The summed E-state index contributed by atoms with van der Waals surface area (Å²) in [4.78, 5) is 20.7. The van der Waals surface area contributed by atoms with E-state index in [0.717, 1.165) is 20.9 Å². The Kier molecular flexibility index (Phi) is 3.86. The minimum atomic E-state index is -0.244. The van der Waals surface area contributed by atoms with Gasteiger partial charge in [-0.3, -0.25) is 9.78 Å². The molecule has 0 spiro atoms. The Morgan fingerprint density at radius 3 is 2.95 bits per heavy atom. The molecule has 0 aliphatic carbocycles. The van der Waals surface area contributed by atoms with E-state index in [0.29, 0.717) is 17.1 Å². The molecule has 0 saturated heterocycles. The number of fused-ring (bicyclic) bond motifs is 1. The van der Waals surface area contributed by atoms with Crippen LogP contribution in [0, 0.1) is 6.92 Å². The fourth-order valence-electron chi connectivity index (χ4n) is 1.94. The molecule has 0 fully saturated rings. The molecule has 0 radical (unpaired) electrons. The minimum Gasteiger partial charge on any atom is -0.345 e. The van der Waals surface area contributed by atoms with Crippen molar-refractivity contribution in [3.63, 3.8) is 0 Å². The quantitative estimate of drug-likeness (QED) is 0.803. The van der Waals surface area contributed by atoms with Gasteiger partial charge in [0.25, 0.3) is 5.91 Å². The number of nitrogens with zero attached hydrogens (tertiary/aromatic N) is 2. The Labute approximate surface area is 130 Å². The fourth-order valence-corrected chi connectivity index (χ4v) is 3.14. The van der Waals surface area contributed by atoms with Crippen LogP contribution in [0.15, 0.2) is 36.5 Å². The summed E-state index contributed by atoms with van der Waals surface area (Å²) in [5.74, 6) is -0.244.